The van der Waals surface area contributed by atoms with E-state index in [9.17, 15) is 9.59 Å². The van der Waals surface area contributed by atoms with Gasteiger partial charge in [-0.3, -0.25) is 4.79 Å². The van der Waals surface area contributed by atoms with Crippen LogP contribution in [-0.2, 0) is 12.8 Å². The Balaban J connectivity index is 1.36. The summed E-state index contributed by atoms with van der Waals surface area (Å²) in [6, 6.07) is 11.9. The van der Waals surface area contributed by atoms with Crippen molar-refractivity contribution in [3.8, 4) is 17.2 Å². The van der Waals surface area contributed by atoms with Crippen LogP contribution in [0.3, 0.4) is 0 Å². The molecule has 5 rings (SSSR count). The normalized spacial score (nSPS) is 16.7. The summed E-state index contributed by atoms with van der Waals surface area (Å²) in [5.74, 6) is 0.812. The molecule has 2 aromatic carbocycles. The quantitative estimate of drug-likeness (QED) is 0.420. The van der Waals surface area contributed by atoms with Gasteiger partial charge in [-0.1, -0.05) is 6.07 Å². The van der Waals surface area contributed by atoms with Gasteiger partial charge in [0.25, 0.3) is 5.91 Å². The molecule has 8 heteroatoms. The van der Waals surface area contributed by atoms with E-state index < -0.39 is 12.1 Å². The number of esters is 1. The largest absolute Gasteiger partial charge is 0.497 e. The van der Waals surface area contributed by atoms with Gasteiger partial charge in [-0.05, 0) is 73.2 Å². The van der Waals surface area contributed by atoms with E-state index in [0.29, 0.717) is 22.8 Å². The zero-order valence-electron chi connectivity index (χ0n) is 18.4. The fourth-order valence-electron chi connectivity index (χ4n) is 4.28. The molecular weight excluding hydrogens is 440 g/mol. The molecule has 0 fully saturated rings. The Bertz CT molecular complexity index is 1220. The van der Waals surface area contributed by atoms with E-state index in [1.807, 2.05) is 6.07 Å². The molecule has 1 atom stereocenters. The molecule has 1 aliphatic heterocycles. The first-order chi connectivity index (χ1) is 16.1. The van der Waals surface area contributed by atoms with Crippen molar-refractivity contribution in [3.63, 3.8) is 0 Å². The van der Waals surface area contributed by atoms with Crippen LogP contribution in [0.25, 0.3) is 0 Å². The van der Waals surface area contributed by atoms with Crippen molar-refractivity contribution in [3.05, 3.63) is 69.6 Å². The number of methoxy groups -OCH3 is 2. The Morgan fingerprint density at radius 1 is 0.970 bits per heavy atom. The second-order valence-corrected chi connectivity index (χ2v) is 9.10. The zero-order chi connectivity index (χ0) is 22.9. The van der Waals surface area contributed by atoms with Gasteiger partial charge in [0.05, 0.1) is 25.3 Å². The average Bonchev–Trinajstić information content (AvgIpc) is 3.23. The van der Waals surface area contributed by atoms with E-state index in [1.165, 1.54) is 24.0 Å². The molecular formula is C25H24N2O5S. The summed E-state index contributed by atoms with van der Waals surface area (Å²) in [6.07, 6.45) is 3.90. The first-order valence-corrected chi connectivity index (χ1v) is 11.6. The fourth-order valence-corrected chi connectivity index (χ4v) is 5.59. The molecule has 33 heavy (non-hydrogen) atoms. The minimum absolute atomic E-state index is 0.0536. The standard InChI is InChI=1S/C25H24N2O5S/c1-30-16-10-7-14(8-11-16)25(29)32-18-12-9-15(13-19(18)31-2)22-26-23(28)21-17-5-3-4-6-20(17)33-24(21)27-22/h7-13,22,27H,3-6H2,1-2H3,(H,26,28)/t22-/m0/s1. The van der Waals surface area contributed by atoms with Crippen molar-refractivity contribution in [1.29, 1.82) is 0 Å². The predicted molar refractivity (Wildman–Crippen MR) is 126 cm³/mol. The van der Waals surface area contributed by atoms with E-state index in [4.69, 9.17) is 14.2 Å². The average molecular weight is 465 g/mol. The molecule has 0 bridgehead atoms. The number of benzene rings is 2. The van der Waals surface area contributed by atoms with Gasteiger partial charge in [0.2, 0.25) is 0 Å². The number of fused-ring (bicyclic) bond motifs is 3. The van der Waals surface area contributed by atoms with Crippen LogP contribution in [-0.4, -0.2) is 26.1 Å². The molecule has 2 N–H and O–H groups in total. The molecule has 7 nitrogen and oxygen atoms in total. The van der Waals surface area contributed by atoms with Crippen molar-refractivity contribution in [2.45, 2.75) is 31.8 Å². The molecule has 1 aromatic heterocycles. The number of carbonyl (C=O) groups is 2. The lowest BCUT2D eigenvalue weighted by Gasteiger charge is -2.27. The number of nitrogens with one attached hydrogen (secondary N) is 2. The molecule has 0 radical (unpaired) electrons. The second kappa shape index (κ2) is 8.78. The summed E-state index contributed by atoms with van der Waals surface area (Å²) in [5.41, 5.74) is 3.20. The van der Waals surface area contributed by atoms with Crippen molar-refractivity contribution in [1.82, 2.24) is 5.32 Å². The summed E-state index contributed by atoms with van der Waals surface area (Å²) in [7, 11) is 3.08. The summed E-state index contributed by atoms with van der Waals surface area (Å²) >= 11 is 1.68. The van der Waals surface area contributed by atoms with Gasteiger partial charge in [0.15, 0.2) is 11.5 Å². The molecule has 0 unspecified atom stereocenters. The summed E-state index contributed by atoms with van der Waals surface area (Å²) in [5, 5.41) is 7.44. The maximum absolute atomic E-state index is 12.9. The highest BCUT2D eigenvalue weighted by Crippen LogP contribution is 2.42. The number of amides is 1. The lowest BCUT2D eigenvalue weighted by Crippen LogP contribution is -2.38. The van der Waals surface area contributed by atoms with Crippen molar-refractivity contribution >= 4 is 28.2 Å². The number of rotatable bonds is 5. The van der Waals surface area contributed by atoms with Crippen molar-refractivity contribution in [2.75, 3.05) is 19.5 Å². The van der Waals surface area contributed by atoms with Gasteiger partial charge in [-0.15, -0.1) is 11.3 Å². The Morgan fingerprint density at radius 2 is 1.76 bits per heavy atom. The van der Waals surface area contributed by atoms with Crippen LogP contribution in [0.1, 0.15) is 55.7 Å². The molecule has 1 aliphatic carbocycles. The van der Waals surface area contributed by atoms with E-state index in [0.717, 1.165) is 35.4 Å². The van der Waals surface area contributed by atoms with E-state index in [-0.39, 0.29) is 5.91 Å². The number of carbonyl (C=O) groups excluding carboxylic acids is 2. The van der Waals surface area contributed by atoms with Crippen LogP contribution < -0.4 is 24.8 Å². The summed E-state index contributed by atoms with van der Waals surface area (Å²) < 4.78 is 16.2. The van der Waals surface area contributed by atoms with Crippen LogP contribution in [0.2, 0.25) is 0 Å². The third-order valence-corrected chi connectivity index (χ3v) is 7.22. The highest BCUT2D eigenvalue weighted by atomic mass is 32.1. The predicted octanol–water partition coefficient (Wildman–Crippen LogP) is 4.72. The molecule has 0 saturated carbocycles. The van der Waals surface area contributed by atoms with Crippen LogP contribution >= 0.6 is 11.3 Å². The zero-order valence-corrected chi connectivity index (χ0v) is 19.2. The molecule has 0 saturated heterocycles. The monoisotopic (exact) mass is 464 g/mol. The van der Waals surface area contributed by atoms with E-state index in [2.05, 4.69) is 10.6 Å². The third kappa shape index (κ3) is 4.02. The highest BCUT2D eigenvalue weighted by molar-refractivity contribution is 7.16. The van der Waals surface area contributed by atoms with E-state index in [1.54, 1.807) is 54.8 Å². The highest BCUT2D eigenvalue weighted by Gasteiger charge is 2.32. The molecule has 0 spiro atoms. The number of hydrogen-bond acceptors (Lipinski definition) is 7. The minimum Gasteiger partial charge on any atom is -0.497 e. The van der Waals surface area contributed by atoms with Crippen LogP contribution in [0.15, 0.2) is 42.5 Å². The number of ether oxygens (including phenoxy) is 3. The molecule has 170 valence electrons. The summed E-state index contributed by atoms with van der Waals surface area (Å²) in [6.45, 7) is 0. The second-order valence-electron chi connectivity index (χ2n) is 7.99. The summed E-state index contributed by atoms with van der Waals surface area (Å²) in [4.78, 5) is 26.8. The van der Waals surface area contributed by atoms with Gasteiger partial charge in [-0.2, -0.15) is 0 Å². The first-order valence-electron chi connectivity index (χ1n) is 10.8. The van der Waals surface area contributed by atoms with Gasteiger partial charge in [0.1, 0.15) is 16.9 Å². The lowest BCUT2D eigenvalue weighted by molar-refractivity contribution is 0.0729. The molecule has 2 aliphatic rings. The van der Waals surface area contributed by atoms with Gasteiger partial charge in [-0.25, -0.2) is 4.79 Å². The molecule has 1 amide bonds. The van der Waals surface area contributed by atoms with Crippen LogP contribution in [0, 0.1) is 0 Å². The lowest BCUT2D eigenvalue weighted by atomic mass is 9.94. The molecule has 3 aromatic rings. The van der Waals surface area contributed by atoms with Crippen molar-refractivity contribution < 1.29 is 23.8 Å². The van der Waals surface area contributed by atoms with Gasteiger partial charge >= 0.3 is 5.97 Å². The van der Waals surface area contributed by atoms with Crippen molar-refractivity contribution in [2.24, 2.45) is 0 Å². The van der Waals surface area contributed by atoms with Gasteiger partial charge in [0, 0.05) is 4.88 Å². The van der Waals surface area contributed by atoms with Crippen LogP contribution in [0.4, 0.5) is 5.00 Å². The molecule has 2 heterocycles. The first kappa shape index (κ1) is 21.3. The van der Waals surface area contributed by atoms with Crippen LogP contribution in [0.5, 0.6) is 17.2 Å². The smallest absolute Gasteiger partial charge is 0.343 e. The number of anilines is 1. The SMILES string of the molecule is COc1ccc(C(=O)Oc2ccc([C@H]3NC(=O)c4c(sc5c4CCCC5)N3)cc2OC)cc1. The van der Waals surface area contributed by atoms with Gasteiger partial charge < -0.3 is 24.8 Å². The third-order valence-electron chi connectivity index (χ3n) is 6.00. The maximum Gasteiger partial charge on any atom is 0.343 e. The fraction of sp³-hybridized carbons (Fsp3) is 0.280. The van der Waals surface area contributed by atoms with E-state index >= 15 is 0 Å². The number of hydrogen-bond donors (Lipinski definition) is 2. The Hall–Kier alpha value is -3.52. The Labute approximate surface area is 195 Å². The number of aryl methyl sites for hydroxylation is 1. The topological polar surface area (TPSA) is 85.9 Å². The maximum atomic E-state index is 12.9. The Morgan fingerprint density at radius 3 is 2.52 bits per heavy atom. The number of thiophene rings is 1. The Kier molecular flexibility index (Phi) is 5.68. The minimum atomic E-state index is -0.499.